The van der Waals surface area contributed by atoms with Crippen molar-refractivity contribution in [3.05, 3.63) is 58.2 Å². The number of thiazole rings is 1. The highest BCUT2D eigenvalue weighted by atomic mass is 32.2. The Kier molecular flexibility index (Phi) is 10.3. The summed E-state index contributed by atoms with van der Waals surface area (Å²) < 4.78 is 17.9. The summed E-state index contributed by atoms with van der Waals surface area (Å²) >= 11 is 3.08. The number of piperidine rings is 1. The summed E-state index contributed by atoms with van der Waals surface area (Å²) in [5, 5.41) is 14.5. The van der Waals surface area contributed by atoms with Gasteiger partial charge >= 0.3 is 5.63 Å². The number of unbranched alkanes of at least 4 members (excludes halogenated alkanes) is 2. The van der Waals surface area contributed by atoms with E-state index in [0.717, 1.165) is 61.7 Å². The van der Waals surface area contributed by atoms with Crippen LogP contribution in [0.25, 0.3) is 11.0 Å². The molecule has 3 aromatic heterocycles. The van der Waals surface area contributed by atoms with E-state index in [9.17, 15) is 14.7 Å². The Labute approximate surface area is 265 Å². The van der Waals surface area contributed by atoms with Gasteiger partial charge in [-0.15, -0.1) is 11.8 Å². The first-order chi connectivity index (χ1) is 21.0. The summed E-state index contributed by atoms with van der Waals surface area (Å²) in [6.45, 7) is 11.4. The van der Waals surface area contributed by atoms with Crippen LogP contribution in [0.4, 0.5) is 5.13 Å². The number of rotatable bonds is 12. The third-order valence-corrected chi connectivity index (χ3v) is 9.78. The number of thioether (sulfide) groups is 1. The molecular weight excluding hydrogens is 601 g/mol. The Morgan fingerprint density at radius 3 is 2.68 bits per heavy atom. The zero-order valence-corrected chi connectivity index (χ0v) is 27.3. The van der Waals surface area contributed by atoms with E-state index >= 15 is 0 Å². The number of aryl methyl sites for hydroxylation is 1. The molecular formula is C32H40N4O6S2. The molecule has 1 saturated heterocycles. The molecule has 0 saturated carbocycles. The molecule has 0 spiro atoms. The number of fused-ring (bicyclic) bond motifs is 1. The summed E-state index contributed by atoms with van der Waals surface area (Å²) in [6, 6.07) is 4.58. The zero-order valence-electron chi connectivity index (χ0n) is 25.7. The number of aromatic nitrogens is 2. The molecule has 12 heteroatoms. The number of hydrogen-bond donors (Lipinski definition) is 2. The maximum absolute atomic E-state index is 12.9. The predicted molar refractivity (Wildman–Crippen MR) is 173 cm³/mol. The fraction of sp³-hybridized carbons (Fsp3) is 0.500. The van der Waals surface area contributed by atoms with Crippen LogP contribution in [0.5, 0.6) is 11.5 Å². The second-order valence-electron chi connectivity index (χ2n) is 12.2. The second kappa shape index (κ2) is 14.2. The van der Waals surface area contributed by atoms with E-state index in [1.807, 2.05) is 0 Å². The third-order valence-electron chi connectivity index (χ3n) is 7.69. The Hall–Kier alpha value is -3.35. The van der Waals surface area contributed by atoms with E-state index in [2.05, 4.69) is 41.0 Å². The molecule has 2 N–H and O–H groups in total. The van der Waals surface area contributed by atoms with Crippen molar-refractivity contribution in [1.82, 2.24) is 14.9 Å². The van der Waals surface area contributed by atoms with Crippen molar-refractivity contribution in [1.29, 1.82) is 0 Å². The number of hydrogen-bond acceptors (Lipinski definition) is 11. The summed E-state index contributed by atoms with van der Waals surface area (Å²) in [5.41, 5.74) is 0.475. The number of phenols is 1. The quantitative estimate of drug-likeness (QED) is 0.0975. The molecule has 0 aliphatic carbocycles. The van der Waals surface area contributed by atoms with Crippen molar-refractivity contribution in [3.63, 3.8) is 0 Å². The average Bonchev–Trinajstić information content (AvgIpc) is 3.63. The fourth-order valence-electron chi connectivity index (χ4n) is 5.19. The van der Waals surface area contributed by atoms with Crippen LogP contribution in [0.1, 0.15) is 70.1 Å². The van der Waals surface area contributed by atoms with E-state index in [-0.39, 0.29) is 23.0 Å². The number of amides is 1. The number of phenolic OH excluding ortho intramolecular Hbond substituents is 1. The number of oxazole rings is 1. The van der Waals surface area contributed by atoms with Gasteiger partial charge in [-0.2, -0.15) is 0 Å². The van der Waals surface area contributed by atoms with Crippen LogP contribution in [0.2, 0.25) is 0 Å². The van der Waals surface area contributed by atoms with E-state index in [1.54, 1.807) is 43.2 Å². The Morgan fingerprint density at radius 2 is 1.93 bits per heavy atom. The number of carbonyl (C=O) groups is 1. The molecule has 236 valence electrons. The number of benzene rings is 1. The molecule has 44 heavy (non-hydrogen) atoms. The van der Waals surface area contributed by atoms with Crippen molar-refractivity contribution < 1.29 is 23.5 Å². The molecule has 0 bridgehead atoms. The van der Waals surface area contributed by atoms with Gasteiger partial charge in [0.2, 0.25) is 11.8 Å². The third kappa shape index (κ3) is 8.42. The molecule has 5 rings (SSSR count). The molecule has 1 amide bonds. The average molecular weight is 641 g/mol. The van der Waals surface area contributed by atoms with Gasteiger partial charge in [0.1, 0.15) is 22.8 Å². The number of ether oxygens (including phenoxy) is 1. The molecule has 0 atom stereocenters. The van der Waals surface area contributed by atoms with E-state index in [0.29, 0.717) is 45.7 Å². The second-order valence-corrected chi connectivity index (χ2v) is 14.5. The molecule has 0 radical (unpaired) electrons. The largest absolute Gasteiger partial charge is 0.507 e. The molecule has 1 fully saturated rings. The first-order valence-corrected chi connectivity index (χ1v) is 16.8. The lowest BCUT2D eigenvalue weighted by Gasteiger charge is -2.31. The summed E-state index contributed by atoms with van der Waals surface area (Å²) in [4.78, 5) is 35.8. The SMILES string of the molecule is Cc1cc(=O)oc2cc(OCCCCCN3CCC(C(=O)Nc4ncc(SCc5ncc(C(C)(C)C)o5)s4)CC3)cc(O)c12. The lowest BCUT2D eigenvalue weighted by Crippen LogP contribution is -2.38. The molecule has 0 unspecified atom stereocenters. The van der Waals surface area contributed by atoms with E-state index in [4.69, 9.17) is 13.6 Å². The summed E-state index contributed by atoms with van der Waals surface area (Å²) in [7, 11) is 0. The Morgan fingerprint density at radius 1 is 1.14 bits per heavy atom. The molecule has 1 aliphatic heterocycles. The van der Waals surface area contributed by atoms with Crippen LogP contribution in [-0.2, 0) is 16.0 Å². The van der Waals surface area contributed by atoms with Crippen LogP contribution in [0.15, 0.2) is 48.4 Å². The molecule has 4 aromatic rings. The van der Waals surface area contributed by atoms with Crippen molar-refractivity contribution in [2.75, 3.05) is 31.6 Å². The fourth-order valence-corrected chi connectivity index (χ4v) is 6.92. The Balaban J connectivity index is 0.962. The van der Waals surface area contributed by atoms with Crippen LogP contribution in [-0.4, -0.2) is 52.1 Å². The van der Waals surface area contributed by atoms with Gasteiger partial charge < -0.3 is 28.9 Å². The maximum atomic E-state index is 12.9. The number of likely N-dealkylation sites (tertiary alicyclic amines) is 1. The van der Waals surface area contributed by atoms with Crippen LogP contribution in [0, 0.1) is 12.8 Å². The monoisotopic (exact) mass is 640 g/mol. The minimum atomic E-state index is -0.450. The van der Waals surface area contributed by atoms with Crippen LogP contribution in [0.3, 0.4) is 0 Å². The van der Waals surface area contributed by atoms with E-state index < -0.39 is 5.63 Å². The van der Waals surface area contributed by atoms with Gasteiger partial charge in [0.25, 0.3) is 0 Å². The lowest BCUT2D eigenvalue weighted by atomic mass is 9.94. The molecule has 1 aliphatic rings. The van der Waals surface area contributed by atoms with Crippen molar-refractivity contribution >= 4 is 45.1 Å². The van der Waals surface area contributed by atoms with Crippen LogP contribution >= 0.6 is 23.1 Å². The highest BCUT2D eigenvalue weighted by Gasteiger charge is 2.25. The highest BCUT2D eigenvalue weighted by molar-refractivity contribution is 8.00. The predicted octanol–water partition coefficient (Wildman–Crippen LogP) is 6.74. The number of nitrogens with zero attached hydrogens (tertiary/aromatic N) is 3. The van der Waals surface area contributed by atoms with Crippen LogP contribution < -0.4 is 15.7 Å². The van der Waals surface area contributed by atoms with Gasteiger partial charge in [-0.1, -0.05) is 32.1 Å². The smallest absolute Gasteiger partial charge is 0.336 e. The lowest BCUT2D eigenvalue weighted by molar-refractivity contribution is -0.121. The van der Waals surface area contributed by atoms with Gasteiger partial charge in [0, 0.05) is 29.5 Å². The van der Waals surface area contributed by atoms with Gasteiger partial charge in [0.15, 0.2) is 5.13 Å². The normalized spacial score (nSPS) is 14.7. The van der Waals surface area contributed by atoms with E-state index in [1.165, 1.54) is 17.4 Å². The molecule has 4 heterocycles. The zero-order chi connectivity index (χ0) is 31.3. The van der Waals surface area contributed by atoms with Gasteiger partial charge in [0.05, 0.1) is 34.3 Å². The Bertz CT molecular complexity index is 1630. The van der Waals surface area contributed by atoms with Gasteiger partial charge in [-0.3, -0.25) is 4.79 Å². The number of nitrogens with one attached hydrogen (secondary N) is 1. The minimum absolute atomic E-state index is 0.00521. The summed E-state index contributed by atoms with van der Waals surface area (Å²) in [6.07, 6.45) is 8.18. The maximum Gasteiger partial charge on any atom is 0.336 e. The van der Waals surface area contributed by atoms with Gasteiger partial charge in [-0.05, 0) is 64.2 Å². The number of carbonyl (C=O) groups excluding carboxylic acids is 1. The van der Waals surface area contributed by atoms with Gasteiger partial charge in [-0.25, -0.2) is 14.8 Å². The number of anilines is 1. The number of aromatic hydroxyl groups is 1. The van der Waals surface area contributed by atoms with Crippen molar-refractivity contribution in [3.8, 4) is 11.5 Å². The minimum Gasteiger partial charge on any atom is -0.507 e. The summed E-state index contributed by atoms with van der Waals surface area (Å²) in [5.74, 6) is 2.74. The highest BCUT2D eigenvalue weighted by Crippen LogP contribution is 2.33. The first kappa shape index (κ1) is 32.1. The molecule has 10 nitrogen and oxygen atoms in total. The molecule has 1 aromatic carbocycles. The van der Waals surface area contributed by atoms with Crippen molar-refractivity contribution in [2.24, 2.45) is 5.92 Å². The van der Waals surface area contributed by atoms with Crippen molar-refractivity contribution in [2.45, 2.75) is 75.2 Å². The topological polar surface area (TPSA) is 131 Å². The first-order valence-electron chi connectivity index (χ1n) is 15.0. The standard InChI is InChI=1S/C32H40N4O6S2/c1-20-14-27(38)41-24-16-22(15-23(37)29(20)24)40-13-7-5-6-10-36-11-8-21(9-12-36)30(39)35-31-34-18-28(44-31)43-19-26-33-17-25(42-26)32(2,3)4/h14-18,21,37H,5-13,19H2,1-4H3,(H,34,35,39).